The van der Waals surface area contributed by atoms with Crippen molar-refractivity contribution in [2.24, 2.45) is 5.41 Å². The van der Waals surface area contributed by atoms with Crippen LogP contribution >= 0.6 is 0 Å². The van der Waals surface area contributed by atoms with Crippen molar-refractivity contribution >= 4 is 5.78 Å². The first kappa shape index (κ1) is 8.90. The van der Waals surface area contributed by atoms with Gasteiger partial charge in [0.1, 0.15) is 5.78 Å². The number of Topliss-reactive ketones (excluding diaryl/α,β-unsaturated/α-hetero) is 1. The Morgan fingerprint density at radius 1 is 1.07 bits per heavy atom. The van der Waals surface area contributed by atoms with E-state index in [1.54, 1.807) is 0 Å². The molecule has 0 bridgehead atoms. The van der Waals surface area contributed by atoms with Gasteiger partial charge in [-0.25, -0.2) is 0 Å². The molecule has 2 aliphatic carbocycles. The van der Waals surface area contributed by atoms with Crippen LogP contribution < -0.4 is 0 Å². The Morgan fingerprint density at radius 2 is 1.79 bits per heavy atom. The second-order valence-electron chi connectivity index (χ2n) is 5.56. The SMILES string of the molecule is O=C1CC2(CCOC3(CCCC3)C2)C1. The Labute approximate surface area is 85.0 Å². The third-order valence-electron chi connectivity index (χ3n) is 4.40. The predicted molar refractivity (Wildman–Crippen MR) is 53.1 cm³/mol. The highest BCUT2D eigenvalue weighted by molar-refractivity contribution is 5.86. The molecule has 0 unspecified atom stereocenters. The van der Waals surface area contributed by atoms with Gasteiger partial charge in [-0.15, -0.1) is 0 Å². The zero-order valence-electron chi connectivity index (χ0n) is 8.68. The number of ether oxygens (including phenoxy) is 1. The number of hydrogen-bond acceptors (Lipinski definition) is 2. The average molecular weight is 194 g/mol. The molecule has 1 aliphatic heterocycles. The van der Waals surface area contributed by atoms with Crippen molar-refractivity contribution < 1.29 is 9.53 Å². The molecule has 0 atom stereocenters. The van der Waals surface area contributed by atoms with Crippen LogP contribution in [0.3, 0.4) is 0 Å². The minimum Gasteiger partial charge on any atom is -0.375 e. The molecule has 0 aromatic heterocycles. The van der Waals surface area contributed by atoms with Crippen LogP contribution in [0.2, 0.25) is 0 Å². The van der Waals surface area contributed by atoms with E-state index in [1.807, 2.05) is 0 Å². The van der Waals surface area contributed by atoms with Gasteiger partial charge in [-0.2, -0.15) is 0 Å². The summed E-state index contributed by atoms with van der Waals surface area (Å²) in [7, 11) is 0. The fourth-order valence-electron chi connectivity index (χ4n) is 3.73. The van der Waals surface area contributed by atoms with Crippen LogP contribution in [0.4, 0.5) is 0 Å². The van der Waals surface area contributed by atoms with E-state index in [1.165, 1.54) is 32.1 Å². The molecule has 0 aromatic carbocycles. The molecular weight excluding hydrogens is 176 g/mol. The normalized spacial score (nSPS) is 33.6. The topological polar surface area (TPSA) is 26.3 Å². The Bertz CT molecular complexity index is 255. The smallest absolute Gasteiger partial charge is 0.134 e. The summed E-state index contributed by atoms with van der Waals surface area (Å²) in [5.74, 6) is 0.472. The number of ketones is 1. The monoisotopic (exact) mass is 194 g/mol. The van der Waals surface area contributed by atoms with Gasteiger partial charge in [0, 0.05) is 19.4 Å². The van der Waals surface area contributed by atoms with Crippen molar-refractivity contribution in [1.29, 1.82) is 0 Å². The minimum atomic E-state index is 0.193. The summed E-state index contributed by atoms with van der Waals surface area (Å²) in [5, 5.41) is 0. The molecule has 2 nitrogen and oxygen atoms in total. The largest absolute Gasteiger partial charge is 0.375 e. The molecule has 0 aromatic rings. The molecule has 14 heavy (non-hydrogen) atoms. The summed E-state index contributed by atoms with van der Waals surface area (Å²) in [6, 6.07) is 0. The standard InChI is InChI=1S/C12H18O2/c13-10-7-11(8-10)5-6-14-12(9-11)3-1-2-4-12/h1-9H2. The van der Waals surface area contributed by atoms with E-state index in [2.05, 4.69) is 0 Å². The molecule has 2 saturated carbocycles. The molecule has 1 saturated heterocycles. The lowest BCUT2D eigenvalue weighted by atomic mass is 9.59. The molecular formula is C12H18O2. The molecule has 2 heteroatoms. The van der Waals surface area contributed by atoms with Crippen molar-refractivity contribution in [2.45, 2.75) is 57.0 Å². The predicted octanol–water partition coefficient (Wildman–Crippen LogP) is 2.46. The molecule has 0 amide bonds. The maximum atomic E-state index is 11.1. The van der Waals surface area contributed by atoms with Gasteiger partial charge in [0.25, 0.3) is 0 Å². The Hall–Kier alpha value is -0.370. The van der Waals surface area contributed by atoms with Crippen molar-refractivity contribution in [3.05, 3.63) is 0 Å². The van der Waals surface area contributed by atoms with Gasteiger partial charge in [-0.1, -0.05) is 12.8 Å². The number of carbonyl (C=O) groups is 1. The Morgan fingerprint density at radius 3 is 2.43 bits per heavy atom. The van der Waals surface area contributed by atoms with E-state index in [9.17, 15) is 4.79 Å². The summed E-state index contributed by atoms with van der Waals surface area (Å²) >= 11 is 0. The molecule has 2 spiro atoms. The summed E-state index contributed by atoms with van der Waals surface area (Å²) in [6.45, 7) is 0.896. The Kier molecular flexibility index (Phi) is 1.79. The lowest BCUT2D eigenvalue weighted by molar-refractivity contribution is -0.160. The number of rotatable bonds is 0. The van der Waals surface area contributed by atoms with Gasteiger partial charge in [0.2, 0.25) is 0 Å². The highest BCUT2D eigenvalue weighted by Gasteiger charge is 2.52. The summed E-state index contributed by atoms with van der Waals surface area (Å²) in [5.41, 5.74) is 0.568. The van der Waals surface area contributed by atoms with Crippen LogP contribution in [0, 0.1) is 5.41 Å². The highest BCUT2D eigenvalue weighted by atomic mass is 16.5. The van der Waals surface area contributed by atoms with Gasteiger partial charge in [0.05, 0.1) is 5.60 Å². The van der Waals surface area contributed by atoms with Crippen molar-refractivity contribution in [2.75, 3.05) is 6.61 Å². The lowest BCUT2D eigenvalue weighted by Gasteiger charge is -2.50. The first-order valence-electron chi connectivity index (χ1n) is 5.88. The molecule has 3 fully saturated rings. The van der Waals surface area contributed by atoms with E-state index in [0.29, 0.717) is 11.2 Å². The van der Waals surface area contributed by atoms with Crippen LogP contribution in [-0.2, 0) is 9.53 Å². The molecule has 78 valence electrons. The molecule has 3 rings (SSSR count). The third kappa shape index (κ3) is 1.23. The Balaban J connectivity index is 1.75. The van der Waals surface area contributed by atoms with E-state index in [0.717, 1.165) is 25.9 Å². The van der Waals surface area contributed by atoms with E-state index in [4.69, 9.17) is 4.74 Å². The minimum absolute atomic E-state index is 0.193. The summed E-state index contributed by atoms with van der Waals surface area (Å²) < 4.78 is 5.98. The average Bonchev–Trinajstić information content (AvgIpc) is 2.51. The number of hydrogen-bond donors (Lipinski definition) is 0. The second kappa shape index (κ2) is 2.82. The fourth-order valence-corrected chi connectivity index (χ4v) is 3.73. The van der Waals surface area contributed by atoms with Crippen LogP contribution in [0.5, 0.6) is 0 Å². The molecule has 0 radical (unpaired) electrons. The van der Waals surface area contributed by atoms with Crippen molar-refractivity contribution in [1.82, 2.24) is 0 Å². The van der Waals surface area contributed by atoms with E-state index in [-0.39, 0.29) is 5.60 Å². The van der Waals surface area contributed by atoms with Crippen LogP contribution in [0.15, 0.2) is 0 Å². The summed E-state index contributed by atoms with van der Waals surface area (Å²) in [6.07, 6.45) is 9.11. The zero-order valence-corrected chi connectivity index (χ0v) is 8.68. The maximum absolute atomic E-state index is 11.1. The van der Waals surface area contributed by atoms with Gasteiger partial charge in [-0.3, -0.25) is 4.79 Å². The lowest BCUT2D eigenvalue weighted by Crippen LogP contribution is -2.50. The van der Waals surface area contributed by atoms with Gasteiger partial charge < -0.3 is 4.74 Å². The van der Waals surface area contributed by atoms with Crippen molar-refractivity contribution in [3.8, 4) is 0 Å². The fraction of sp³-hybridized carbons (Fsp3) is 0.917. The molecule has 0 N–H and O–H groups in total. The van der Waals surface area contributed by atoms with Gasteiger partial charge in [-0.05, 0) is 31.1 Å². The van der Waals surface area contributed by atoms with Crippen LogP contribution in [0.25, 0.3) is 0 Å². The second-order valence-corrected chi connectivity index (χ2v) is 5.56. The molecule has 1 heterocycles. The van der Waals surface area contributed by atoms with Gasteiger partial charge in [0.15, 0.2) is 0 Å². The first-order valence-corrected chi connectivity index (χ1v) is 5.88. The van der Waals surface area contributed by atoms with E-state index < -0.39 is 0 Å². The van der Waals surface area contributed by atoms with Gasteiger partial charge >= 0.3 is 0 Å². The highest BCUT2D eigenvalue weighted by Crippen LogP contribution is 2.54. The third-order valence-corrected chi connectivity index (χ3v) is 4.40. The zero-order chi connectivity index (χ0) is 9.65. The number of carbonyl (C=O) groups excluding carboxylic acids is 1. The quantitative estimate of drug-likeness (QED) is 0.592. The van der Waals surface area contributed by atoms with Crippen molar-refractivity contribution in [3.63, 3.8) is 0 Å². The van der Waals surface area contributed by atoms with Crippen LogP contribution in [0.1, 0.15) is 51.4 Å². The van der Waals surface area contributed by atoms with E-state index >= 15 is 0 Å². The molecule has 3 aliphatic rings. The summed E-state index contributed by atoms with van der Waals surface area (Å²) in [4.78, 5) is 11.1. The maximum Gasteiger partial charge on any atom is 0.134 e. The first-order chi connectivity index (χ1) is 6.72. The van der Waals surface area contributed by atoms with Crippen LogP contribution in [-0.4, -0.2) is 18.0 Å².